The van der Waals surface area contributed by atoms with E-state index in [-0.39, 0.29) is 0 Å². The van der Waals surface area contributed by atoms with Gasteiger partial charge in [-0.25, -0.2) is 8.42 Å². The summed E-state index contributed by atoms with van der Waals surface area (Å²) in [4.78, 5) is 10.4. The van der Waals surface area contributed by atoms with Crippen LogP contribution in [0.3, 0.4) is 0 Å². The van der Waals surface area contributed by atoms with E-state index in [1.54, 1.807) is 12.1 Å². The Balaban J connectivity index is 1.89. The van der Waals surface area contributed by atoms with Crippen LogP contribution in [0.15, 0.2) is 35.4 Å². The molecule has 0 saturated carbocycles. The van der Waals surface area contributed by atoms with Gasteiger partial charge in [-0.1, -0.05) is 24.4 Å². The molecule has 0 aromatic heterocycles. The Morgan fingerprint density at radius 1 is 0.893 bits per heavy atom. The summed E-state index contributed by atoms with van der Waals surface area (Å²) in [6.07, 6.45) is 3.40. The second kappa shape index (κ2) is 8.90. The molecule has 1 aromatic carbocycles. The fraction of sp³-hybridized carbons (Fsp3) is 0.550. The molecule has 0 unspecified atom stereocenters. The minimum Gasteiger partial charge on any atom is -0.374 e. The van der Waals surface area contributed by atoms with Crippen molar-refractivity contribution in [3.63, 3.8) is 0 Å². The van der Waals surface area contributed by atoms with E-state index in [9.17, 15) is 8.42 Å². The van der Waals surface area contributed by atoms with Crippen LogP contribution in [0, 0.1) is 0 Å². The predicted molar refractivity (Wildman–Crippen MR) is 118 cm³/mol. The van der Waals surface area contributed by atoms with Crippen molar-refractivity contribution in [2.45, 2.75) is 4.90 Å². The van der Waals surface area contributed by atoms with E-state index in [0.717, 1.165) is 68.5 Å². The van der Waals surface area contributed by atoms with E-state index in [2.05, 4.69) is 39.9 Å². The van der Waals surface area contributed by atoms with Gasteiger partial charge in [0.2, 0.25) is 0 Å². The molecule has 0 N–H and O–H groups in total. The van der Waals surface area contributed by atoms with Gasteiger partial charge >= 0.3 is 0 Å². The van der Waals surface area contributed by atoms with Crippen molar-refractivity contribution in [2.75, 3.05) is 72.7 Å². The molecule has 2 heterocycles. The average molecular weight is 423 g/mol. The smallest absolute Gasteiger partial charge is 0.175 e. The number of hydrogen-bond acceptors (Lipinski definition) is 6. The van der Waals surface area contributed by atoms with E-state index in [1.165, 1.54) is 6.26 Å². The second-order valence-electron chi connectivity index (χ2n) is 7.77. The normalized spacial score (nSPS) is 20.5. The molecule has 0 radical (unpaired) electrons. The van der Waals surface area contributed by atoms with Gasteiger partial charge in [-0.05, 0) is 31.8 Å². The van der Waals surface area contributed by atoms with Gasteiger partial charge in [-0.3, -0.25) is 0 Å². The van der Waals surface area contributed by atoms with Gasteiger partial charge in [0.25, 0.3) is 0 Å². The zero-order valence-electron chi connectivity index (χ0n) is 17.0. The Hall–Kier alpha value is -1.48. The Bertz CT molecular complexity index is 820. The third-order valence-corrected chi connectivity index (χ3v) is 7.07. The Morgan fingerprint density at radius 2 is 1.39 bits per heavy atom. The standard InChI is InChI=1S/C20H30N4O2S2/c1-21-8-12-23(13-9-21)16-19(20(27)24-14-10-22(2)11-15-24)17-4-6-18(7-5-17)28(3,25)26/h4-7,16H,8-15H2,1-3H3/b19-16+. The number of hydrogen-bond donors (Lipinski definition) is 0. The van der Waals surface area contributed by atoms with Crippen LogP contribution in [0.1, 0.15) is 5.56 Å². The van der Waals surface area contributed by atoms with Gasteiger partial charge in [0.1, 0.15) is 4.99 Å². The first-order chi connectivity index (χ1) is 13.2. The summed E-state index contributed by atoms with van der Waals surface area (Å²) < 4.78 is 23.6. The van der Waals surface area contributed by atoms with Crippen molar-refractivity contribution in [3.8, 4) is 0 Å². The molecule has 2 aliphatic rings. The fourth-order valence-electron chi connectivity index (χ4n) is 3.45. The van der Waals surface area contributed by atoms with Gasteiger partial charge in [0.15, 0.2) is 9.84 Å². The molecular weight excluding hydrogens is 392 g/mol. The van der Waals surface area contributed by atoms with Crippen molar-refractivity contribution in [2.24, 2.45) is 0 Å². The minimum absolute atomic E-state index is 0.334. The highest BCUT2D eigenvalue weighted by atomic mass is 32.2. The summed E-state index contributed by atoms with van der Waals surface area (Å²) in [5.41, 5.74) is 1.97. The van der Waals surface area contributed by atoms with Crippen molar-refractivity contribution < 1.29 is 8.42 Å². The minimum atomic E-state index is -3.21. The average Bonchev–Trinajstić information content (AvgIpc) is 2.67. The van der Waals surface area contributed by atoms with E-state index in [1.807, 2.05) is 12.1 Å². The lowest BCUT2D eigenvalue weighted by Crippen LogP contribution is -2.47. The molecule has 0 spiro atoms. The summed E-state index contributed by atoms with van der Waals surface area (Å²) in [7, 11) is 1.06. The highest BCUT2D eigenvalue weighted by Crippen LogP contribution is 2.23. The third kappa shape index (κ3) is 5.31. The van der Waals surface area contributed by atoms with E-state index in [4.69, 9.17) is 12.2 Å². The maximum atomic E-state index is 11.8. The number of rotatable bonds is 4. The van der Waals surface area contributed by atoms with Crippen molar-refractivity contribution in [3.05, 3.63) is 36.0 Å². The topological polar surface area (TPSA) is 47.1 Å². The molecule has 6 nitrogen and oxygen atoms in total. The number of nitrogens with zero attached hydrogens (tertiary/aromatic N) is 4. The van der Waals surface area contributed by atoms with E-state index >= 15 is 0 Å². The zero-order valence-corrected chi connectivity index (χ0v) is 18.6. The number of sulfone groups is 1. The fourth-order valence-corrected chi connectivity index (χ4v) is 4.43. The first-order valence-electron chi connectivity index (χ1n) is 9.67. The predicted octanol–water partition coefficient (Wildman–Crippen LogP) is 1.25. The number of piperazine rings is 2. The molecule has 0 aliphatic carbocycles. The lowest BCUT2D eigenvalue weighted by Gasteiger charge is -2.36. The summed E-state index contributed by atoms with van der Waals surface area (Å²) in [5, 5.41) is 0. The molecular formula is C20H30N4O2S2. The van der Waals surface area contributed by atoms with Crippen molar-refractivity contribution >= 4 is 32.6 Å². The van der Waals surface area contributed by atoms with Gasteiger partial charge in [-0.2, -0.15) is 0 Å². The summed E-state index contributed by atoms with van der Waals surface area (Å²) in [6, 6.07) is 7.10. The zero-order chi connectivity index (χ0) is 20.3. The lowest BCUT2D eigenvalue weighted by atomic mass is 10.1. The maximum absolute atomic E-state index is 11.8. The van der Waals surface area contributed by atoms with Gasteiger partial charge in [0.05, 0.1) is 4.90 Å². The number of benzene rings is 1. The maximum Gasteiger partial charge on any atom is 0.175 e. The van der Waals surface area contributed by atoms with Crippen LogP contribution >= 0.6 is 12.2 Å². The van der Waals surface area contributed by atoms with Crippen molar-refractivity contribution in [1.82, 2.24) is 19.6 Å². The third-order valence-electron chi connectivity index (χ3n) is 5.46. The van der Waals surface area contributed by atoms with Crippen molar-refractivity contribution in [1.29, 1.82) is 0 Å². The van der Waals surface area contributed by atoms with Crippen LogP contribution in [-0.2, 0) is 9.84 Å². The molecule has 2 fully saturated rings. The van der Waals surface area contributed by atoms with Gasteiger partial charge in [-0.15, -0.1) is 0 Å². The van der Waals surface area contributed by atoms with Gasteiger partial charge < -0.3 is 19.6 Å². The molecule has 3 rings (SSSR count). The quantitative estimate of drug-likeness (QED) is 0.535. The summed E-state index contributed by atoms with van der Waals surface area (Å²) in [6.45, 7) is 7.80. The molecule has 2 saturated heterocycles. The van der Waals surface area contributed by atoms with Crippen LogP contribution in [0.25, 0.3) is 5.57 Å². The Labute approximate surface area is 174 Å². The highest BCUT2D eigenvalue weighted by Gasteiger charge is 2.22. The highest BCUT2D eigenvalue weighted by molar-refractivity contribution is 7.90. The Kier molecular flexibility index (Phi) is 6.75. The van der Waals surface area contributed by atoms with Crippen LogP contribution in [0.5, 0.6) is 0 Å². The molecule has 1 aromatic rings. The van der Waals surface area contributed by atoms with Gasteiger partial charge in [0, 0.05) is 70.4 Å². The Morgan fingerprint density at radius 3 is 1.89 bits per heavy atom. The monoisotopic (exact) mass is 422 g/mol. The summed E-state index contributed by atoms with van der Waals surface area (Å²) >= 11 is 5.90. The SMILES string of the molecule is CN1CCN(/C=C(/C(=S)N2CCN(C)CC2)c2ccc(S(C)(=O)=O)cc2)CC1. The molecule has 154 valence electrons. The van der Waals surface area contributed by atoms with Crippen LogP contribution < -0.4 is 0 Å². The lowest BCUT2D eigenvalue weighted by molar-refractivity contribution is 0.198. The van der Waals surface area contributed by atoms with E-state index < -0.39 is 9.84 Å². The van der Waals surface area contributed by atoms with Crippen LogP contribution in [-0.4, -0.2) is 106 Å². The first-order valence-corrected chi connectivity index (χ1v) is 12.0. The summed E-state index contributed by atoms with van der Waals surface area (Å²) in [5.74, 6) is 0. The number of thiocarbonyl (C=S) groups is 1. The van der Waals surface area contributed by atoms with Crippen LogP contribution in [0.4, 0.5) is 0 Å². The van der Waals surface area contributed by atoms with Crippen LogP contribution in [0.2, 0.25) is 0 Å². The number of likely N-dealkylation sites (N-methyl/N-ethyl adjacent to an activating group) is 2. The molecule has 8 heteroatoms. The molecule has 0 bridgehead atoms. The van der Waals surface area contributed by atoms with E-state index in [0.29, 0.717) is 4.90 Å². The second-order valence-corrected chi connectivity index (χ2v) is 10.2. The molecule has 28 heavy (non-hydrogen) atoms. The molecule has 0 atom stereocenters. The molecule has 0 amide bonds. The largest absolute Gasteiger partial charge is 0.374 e. The first kappa shape index (κ1) is 21.2. The molecule has 2 aliphatic heterocycles.